The number of carbonyl (C=O) groups is 6. The lowest BCUT2D eigenvalue weighted by atomic mass is 9.98. The SMILES string of the molecule is CCOCOC1C(CS)OC(OC2(COC(C)=O)OC(CS)(OC(C)=O)C(OC(C)=O)C2OC(C)=O)C(OC(C)=O)C1OC(C)=O. The molecule has 2 heterocycles. The normalized spacial score (nSPS) is 32.2. The molecule has 0 N–H and O–H groups in total. The monoisotopic (exact) mass is 700 g/mol. The number of hydrogen-bond donors (Lipinski definition) is 2. The van der Waals surface area contributed by atoms with E-state index in [1.54, 1.807) is 6.92 Å². The summed E-state index contributed by atoms with van der Waals surface area (Å²) in [6.07, 6.45) is -10.6. The maximum atomic E-state index is 12.4. The Morgan fingerprint density at radius 3 is 1.70 bits per heavy atom. The van der Waals surface area contributed by atoms with E-state index in [1.165, 1.54) is 0 Å². The van der Waals surface area contributed by atoms with Gasteiger partial charge in [-0.25, -0.2) is 0 Å². The van der Waals surface area contributed by atoms with Crippen molar-refractivity contribution in [1.82, 2.24) is 0 Å². The van der Waals surface area contributed by atoms with Gasteiger partial charge in [0.1, 0.15) is 19.5 Å². The predicted octanol–water partition coefficient (Wildman–Crippen LogP) is 0.243. The molecule has 0 aromatic rings. The van der Waals surface area contributed by atoms with Gasteiger partial charge >= 0.3 is 35.8 Å². The van der Waals surface area contributed by atoms with E-state index in [0.717, 1.165) is 41.5 Å². The molecule has 0 aromatic heterocycles. The van der Waals surface area contributed by atoms with Gasteiger partial charge in [-0.1, -0.05) is 0 Å². The van der Waals surface area contributed by atoms with Gasteiger partial charge in [-0.05, 0) is 6.92 Å². The lowest BCUT2D eigenvalue weighted by molar-refractivity contribution is -0.399. The van der Waals surface area contributed by atoms with Crippen LogP contribution in [0.2, 0.25) is 0 Å². The Morgan fingerprint density at radius 2 is 1.24 bits per heavy atom. The van der Waals surface area contributed by atoms with Gasteiger partial charge in [0.05, 0.1) is 11.9 Å². The van der Waals surface area contributed by atoms with Crippen molar-refractivity contribution in [1.29, 1.82) is 0 Å². The molecular formula is C27H40O17S2. The first-order valence-electron chi connectivity index (χ1n) is 14.0. The molecule has 2 aliphatic rings. The first-order valence-corrected chi connectivity index (χ1v) is 15.3. The largest absolute Gasteiger partial charge is 0.460 e. The molecule has 9 atom stereocenters. The van der Waals surface area contributed by atoms with Crippen molar-refractivity contribution in [3.05, 3.63) is 0 Å². The summed E-state index contributed by atoms with van der Waals surface area (Å²) in [6.45, 7) is 7.13. The van der Waals surface area contributed by atoms with E-state index in [-0.39, 0.29) is 19.2 Å². The molecule has 0 spiro atoms. The van der Waals surface area contributed by atoms with Gasteiger partial charge in [0, 0.05) is 53.9 Å². The van der Waals surface area contributed by atoms with Gasteiger partial charge in [-0.2, -0.15) is 25.3 Å². The zero-order valence-corrected chi connectivity index (χ0v) is 28.2. The molecule has 0 aliphatic carbocycles. The summed E-state index contributed by atoms with van der Waals surface area (Å²) in [4.78, 5) is 73.6. The van der Waals surface area contributed by atoms with Crippen molar-refractivity contribution < 1.29 is 80.9 Å². The summed E-state index contributed by atoms with van der Waals surface area (Å²) < 4.78 is 62.3. The highest BCUT2D eigenvalue weighted by molar-refractivity contribution is 7.80. The summed E-state index contributed by atoms with van der Waals surface area (Å²) in [7, 11) is 0. The van der Waals surface area contributed by atoms with Crippen LogP contribution in [0, 0.1) is 0 Å². The Bertz CT molecular complexity index is 1120. The molecule has 0 bridgehead atoms. The van der Waals surface area contributed by atoms with E-state index in [9.17, 15) is 28.8 Å². The highest BCUT2D eigenvalue weighted by atomic mass is 32.1. The van der Waals surface area contributed by atoms with Crippen LogP contribution < -0.4 is 0 Å². The molecule has 2 saturated heterocycles. The van der Waals surface area contributed by atoms with Crippen LogP contribution in [0.25, 0.3) is 0 Å². The predicted molar refractivity (Wildman–Crippen MR) is 156 cm³/mol. The number of thiol groups is 2. The minimum Gasteiger partial charge on any atom is -0.460 e. The maximum absolute atomic E-state index is 12.4. The molecule has 2 fully saturated rings. The Kier molecular flexibility index (Phi) is 15.0. The minimum atomic E-state index is -2.51. The molecule has 0 saturated carbocycles. The average Bonchev–Trinajstić information content (AvgIpc) is 3.17. The number of ether oxygens (including phenoxy) is 11. The van der Waals surface area contributed by atoms with Gasteiger partial charge in [-0.3, -0.25) is 33.5 Å². The third-order valence-corrected chi connectivity index (χ3v) is 7.13. The average molecular weight is 701 g/mol. The third kappa shape index (κ3) is 10.2. The number of esters is 6. The van der Waals surface area contributed by atoms with Gasteiger partial charge in [-0.15, -0.1) is 0 Å². The molecule has 262 valence electrons. The summed E-state index contributed by atoms with van der Waals surface area (Å²) in [5.41, 5.74) is 0. The van der Waals surface area contributed by atoms with E-state index in [1.807, 2.05) is 0 Å². The van der Waals surface area contributed by atoms with E-state index in [0.29, 0.717) is 0 Å². The topological polar surface area (TPSA) is 204 Å². The molecule has 2 rings (SSSR count). The smallest absolute Gasteiger partial charge is 0.305 e. The van der Waals surface area contributed by atoms with Gasteiger partial charge < -0.3 is 47.4 Å². The molecule has 9 unspecified atom stereocenters. The molecule has 17 nitrogen and oxygen atoms in total. The lowest BCUT2D eigenvalue weighted by Crippen LogP contribution is -2.65. The Balaban J connectivity index is 2.80. The summed E-state index contributed by atoms with van der Waals surface area (Å²) in [5, 5.41) is 0. The Hall–Kier alpha value is -2.68. The van der Waals surface area contributed by atoms with Crippen molar-refractivity contribution >= 4 is 61.1 Å². The van der Waals surface area contributed by atoms with Crippen molar-refractivity contribution in [3.63, 3.8) is 0 Å². The fourth-order valence-corrected chi connectivity index (χ4v) is 5.42. The fraction of sp³-hybridized carbons (Fsp3) is 0.778. The van der Waals surface area contributed by atoms with E-state index < -0.39 is 103 Å². The van der Waals surface area contributed by atoms with Gasteiger partial charge in [0.2, 0.25) is 18.5 Å². The zero-order valence-electron chi connectivity index (χ0n) is 26.4. The fourth-order valence-electron chi connectivity index (χ4n) is 4.82. The molecule has 0 aromatic carbocycles. The highest BCUT2D eigenvalue weighted by Gasteiger charge is 2.71. The second-order valence-corrected chi connectivity index (χ2v) is 10.7. The standard InChI is InChI=1S/C27H40O17S2/c1-8-34-12-36-20-19(9-45)41-25(22(38-15(4)30)21(20)37-14(3)29)43-26(10-35-13(2)28)23(39-16(5)31)24(40-17(6)32)27(11-46,44-26)42-18(7)33/h19-25,45-46H,8-12H2,1-7H3. The van der Waals surface area contributed by atoms with E-state index in [4.69, 9.17) is 52.1 Å². The number of hydrogen-bond acceptors (Lipinski definition) is 19. The highest BCUT2D eigenvalue weighted by Crippen LogP contribution is 2.47. The van der Waals surface area contributed by atoms with Crippen LogP contribution in [0.1, 0.15) is 48.5 Å². The Labute approximate surface area is 276 Å². The minimum absolute atomic E-state index is 0.0729. The summed E-state index contributed by atoms with van der Waals surface area (Å²) >= 11 is 8.57. The van der Waals surface area contributed by atoms with Crippen LogP contribution in [-0.4, -0.2) is 122 Å². The van der Waals surface area contributed by atoms with Crippen LogP contribution in [0.15, 0.2) is 0 Å². The first kappa shape index (κ1) is 39.5. The molecule has 0 radical (unpaired) electrons. The lowest BCUT2D eigenvalue weighted by Gasteiger charge is -2.46. The van der Waals surface area contributed by atoms with Gasteiger partial charge in [0.15, 0.2) is 12.2 Å². The molecular weight excluding hydrogens is 660 g/mol. The van der Waals surface area contributed by atoms with Crippen LogP contribution >= 0.6 is 25.3 Å². The quantitative estimate of drug-likeness (QED) is 0.0772. The van der Waals surface area contributed by atoms with Crippen molar-refractivity contribution in [3.8, 4) is 0 Å². The van der Waals surface area contributed by atoms with E-state index in [2.05, 4.69) is 25.3 Å². The second kappa shape index (κ2) is 17.5. The number of carbonyl (C=O) groups excluding carboxylic acids is 6. The van der Waals surface area contributed by atoms with Crippen LogP contribution in [-0.2, 0) is 80.9 Å². The molecule has 2 aliphatic heterocycles. The molecule has 46 heavy (non-hydrogen) atoms. The molecule has 0 amide bonds. The third-order valence-electron chi connectivity index (χ3n) is 6.33. The van der Waals surface area contributed by atoms with Crippen LogP contribution in [0.3, 0.4) is 0 Å². The second-order valence-electron chi connectivity index (χ2n) is 10.1. The van der Waals surface area contributed by atoms with Crippen molar-refractivity contribution in [2.24, 2.45) is 0 Å². The van der Waals surface area contributed by atoms with Crippen molar-refractivity contribution in [2.75, 3.05) is 31.5 Å². The first-order chi connectivity index (χ1) is 21.5. The van der Waals surface area contributed by atoms with Crippen molar-refractivity contribution in [2.45, 2.75) is 103 Å². The van der Waals surface area contributed by atoms with Gasteiger partial charge in [0.25, 0.3) is 11.6 Å². The summed E-state index contributed by atoms with van der Waals surface area (Å²) in [5.74, 6) is -10.7. The maximum Gasteiger partial charge on any atom is 0.305 e. The molecule has 19 heteroatoms. The summed E-state index contributed by atoms with van der Waals surface area (Å²) in [6, 6.07) is 0. The Morgan fingerprint density at radius 1 is 0.696 bits per heavy atom. The van der Waals surface area contributed by atoms with Crippen LogP contribution in [0.5, 0.6) is 0 Å². The number of rotatable bonds is 15. The van der Waals surface area contributed by atoms with E-state index >= 15 is 0 Å². The zero-order chi connectivity index (χ0) is 34.8. The van der Waals surface area contributed by atoms with Crippen LogP contribution in [0.4, 0.5) is 0 Å².